The monoisotopic (exact) mass is 306 g/mol. The fourth-order valence-electron chi connectivity index (χ4n) is 1.74. The second-order valence-corrected chi connectivity index (χ2v) is 7.40. The number of nitrogens with two attached hydrogens (primary N) is 1. The predicted octanol–water partition coefficient (Wildman–Crippen LogP) is 2.03. The van der Waals surface area contributed by atoms with E-state index >= 15 is 0 Å². The lowest BCUT2D eigenvalue weighted by molar-refractivity contribution is 0.414. The van der Waals surface area contributed by atoms with E-state index in [4.69, 9.17) is 22.3 Å². The van der Waals surface area contributed by atoms with Gasteiger partial charge in [-0.25, -0.2) is 4.76 Å². The number of methoxy groups -OCH3 is 1. The number of ether oxygens (including phenoxy) is 1. The van der Waals surface area contributed by atoms with Crippen LogP contribution in [0.15, 0.2) is 59.4 Å². The summed E-state index contributed by atoms with van der Waals surface area (Å²) in [5.41, 5.74) is 6.59. The molecule has 3 N–H and O–H groups in total. The van der Waals surface area contributed by atoms with Crippen LogP contribution in [0.3, 0.4) is 0 Å². The highest BCUT2D eigenvalue weighted by Gasteiger charge is 2.16. The Balaban J connectivity index is 2.42. The Hall–Kier alpha value is -1.68. The minimum absolute atomic E-state index is 0.178. The molecule has 4 nitrogen and oxygen atoms in total. The minimum atomic E-state index is -3.06. The third-order valence-electron chi connectivity index (χ3n) is 2.72. The highest BCUT2D eigenvalue weighted by Crippen LogP contribution is 2.42. The fourth-order valence-corrected chi connectivity index (χ4v) is 3.44. The van der Waals surface area contributed by atoms with Gasteiger partial charge in [0.15, 0.2) is 0 Å². The molecular weight excluding hydrogens is 291 g/mol. The van der Waals surface area contributed by atoms with Crippen molar-refractivity contribution in [3.8, 4) is 5.75 Å². The van der Waals surface area contributed by atoms with Crippen molar-refractivity contribution < 1.29 is 9.63 Å². The van der Waals surface area contributed by atoms with Crippen LogP contribution in [-0.2, 0) is 11.8 Å². The van der Waals surface area contributed by atoms with Gasteiger partial charge >= 0.3 is 0 Å². The summed E-state index contributed by atoms with van der Waals surface area (Å²) in [6.45, 7) is 0. The highest BCUT2D eigenvalue weighted by molar-refractivity contribution is 8.14. The van der Waals surface area contributed by atoms with Crippen molar-refractivity contribution >= 4 is 29.4 Å². The van der Waals surface area contributed by atoms with Crippen LogP contribution in [-0.4, -0.2) is 17.8 Å². The average Bonchev–Trinajstić information content (AvgIpc) is 2.47. The Labute approximate surface area is 123 Å². The molecule has 0 radical (unpaired) electrons. The lowest BCUT2D eigenvalue weighted by atomic mass is 10.2. The molecule has 1 atom stereocenters. The van der Waals surface area contributed by atoms with E-state index in [-0.39, 0.29) is 5.84 Å². The summed E-state index contributed by atoms with van der Waals surface area (Å²) in [5.74, 6) is 0.772. The summed E-state index contributed by atoms with van der Waals surface area (Å²) >= 11 is 5.22. The molecule has 0 heterocycles. The number of nitrogens with zero attached hydrogens (tertiary/aromatic N) is 1. The smallest absolute Gasteiger partial charge is 0.203 e. The topological polar surface area (TPSA) is 67.8 Å². The van der Waals surface area contributed by atoms with Gasteiger partial charge in [0.05, 0.1) is 12.7 Å². The molecule has 0 saturated heterocycles. The van der Waals surface area contributed by atoms with Crippen molar-refractivity contribution in [2.24, 2.45) is 10.5 Å². The number of benzene rings is 2. The van der Waals surface area contributed by atoms with E-state index in [2.05, 4.69) is 4.76 Å². The third kappa shape index (κ3) is 3.25. The quantitative estimate of drug-likeness (QED) is 0.515. The molecule has 1 unspecified atom stereocenters. The first kappa shape index (κ1) is 14.7. The first-order chi connectivity index (χ1) is 9.54. The number of amidine groups is 1. The van der Waals surface area contributed by atoms with Gasteiger partial charge in [-0.1, -0.05) is 30.3 Å². The zero-order valence-electron chi connectivity index (χ0n) is 10.9. The summed E-state index contributed by atoms with van der Waals surface area (Å²) in [4.78, 5) is 10.4. The lowest BCUT2D eigenvalue weighted by Gasteiger charge is -2.13. The number of hydrogen-bond acceptors (Lipinski definition) is 2. The van der Waals surface area contributed by atoms with Gasteiger partial charge in [0.25, 0.3) is 0 Å². The number of hydrogen-bond donors (Lipinski definition) is 2. The fraction of sp³-hybridized carbons (Fsp3) is 0.0714. The van der Waals surface area contributed by atoms with Gasteiger partial charge in [0, 0.05) is 5.30 Å². The molecule has 20 heavy (non-hydrogen) atoms. The zero-order chi connectivity index (χ0) is 14.6. The lowest BCUT2D eigenvalue weighted by Crippen LogP contribution is -2.16. The van der Waals surface area contributed by atoms with Gasteiger partial charge in [0.2, 0.25) is 6.42 Å². The molecule has 0 aromatic heterocycles. The maximum absolute atomic E-state index is 10.4. The molecule has 0 spiro atoms. The van der Waals surface area contributed by atoms with Crippen LogP contribution < -0.4 is 15.8 Å². The van der Waals surface area contributed by atoms with Crippen LogP contribution in [0.1, 0.15) is 5.56 Å². The van der Waals surface area contributed by atoms with E-state index in [1.54, 1.807) is 43.5 Å². The normalized spacial score (nSPS) is 14.6. The SMILES string of the molecule is COc1ccccc1C(N)=NP(O)(=S)c1ccccc1. The van der Waals surface area contributed by atoms with E-state index < -0.39 is 6.42 Å². The first-order valence-corrected chi connectivity index (χ1v) is 8.63. The van der Waals surface area contributed by atoms with Gasteiger partial charge < -0.3 is 15.4 Å². The summed E-state index contributed by atoms with van der Waals surface area (Å²) in [5, 5.41) is 0.604. The van der Waals surface area contributed by atoms with Crippen molar-refractivity contribution in [3.05, 3.63) is 60.2 Å². The second kappa shape index (κ2) is 6.18. The molecular formula is C14H15N2O2PS. The Kier molecular flexibility index (Phi) is 4.55. The first-order valence-electron chi connectivity index (χ1n) is 5.92. The molecule has 2 rings (SSSR count). The Morgan fingerprint density at radius 1 is 1.15 bits per heavy atom. The third-order valence-corrected chi connectivity index (χ3v) is 5.05. The molecule has 6 heteroatoms. The van der Waals surface area contributed by atoms with Crippen molar-refractivity contribution in [1.82, 2.24) is 0 Å². The van der Waals surface area contributed by atoms with Crippen LogP contribution in [0.4, 0.5) is 0 Å². The molecule has 104 valence electrons. The summed E-state index contributed by atoms with van der Waals surface area (Å²) in [6, 6.07) is 16.2. The molecule has 0 fully saturated rings. The van der Waals surface area contributed by atoms with Crippen LogP contribution in [0, 0.1) is 0 Å². The van der Waals surface area contributed by atoms with Crippen LogP contribution >= 0.6 is 6.42 Å². The van der Waals surface area contributed by atoms with Gasteiger partial charge in [-0.2, -0.15) is 0 Å². The van der Waals surface area contributed by atoms with E-state index in [1.807, 2.05) is 18.2 Å². The number of para-hydroxylation sites is 1. The van der Waals surface area contributed by atoms with Crippen molar-refractivity contribution in [3.63, 3.8) is 0 Å². The predicted molar refractivity (Wildman–Crippen MR) is 86.3 cm³/mol. The van der Waals surface area contributed by atoms with E-state index in [0.717, 1.165) is 0 Å². The molecule has 0 aliphatic rings. The van der Waals surface area contributed by atoms with Gasteiger partial charge in [-0.15, -0.1) is 0 Å². The summed E-state index contributed by atoms with van der Waals surface area (Å²) in [6.07, 6.45) is -3.06. The maximum atomic E-state index is 10.4. The molecule has 0 aliphatic heterocycles. The largest absolute Gasteiger partial charge is 0.496 e. The van der Waals surface area contributed by atoms with Gasteiger partial charge in [-0.3, -0.25) is 0 Å². The van der Waals surface area contributed by atoms with Crippen LogP contribution in [0.25, 0.3) is 0 Å². The maximum Gasteiger partial charge on any atom is 0.203 e. The summed E-state index contributed by atoms with van der Waals surface area (Å²) in [7, 11) is 1.55. The molecule has 0 saturated carbocycles. The Morgan fingerprint density at radius 2 is 1.75 bits per heavy atom. The number of rotatable bonds is 4. The molecule has 0 amide bonds. The molecule has 0 aliphatic carbocycles. The van der Waals surface area contributed by atoms with Gasteiger partial charge in [0.1, 0.15) is 11.6 Å². The summed E-state index contributed by atoms with van der Waals surface area (Å²) < 4.78 is 9.38. The molecule has 2 aromatic rings. The minimum Gasteiger partial charge on any atom is -0.496 e. The molecule has 2 aromatic carbocycles. The highest BCUT2D eigenvalue weighted by atomic mass is 32.4. The van der Waals surface area contributed by atoms with Crippen LogP contribution in [0.2, 0.25) is 0 Å². The van der Waals surface area contributed by atoms with Gasteiger partial charge in [-0.05, 0) is 36.1 Å². The van der Waals surface area contributed by atoms with E-state index in [9.17, 15) is 4.89 Å². The Bertz CT molecular complexity index is 674. The second-order valence-electron chi connectivity index (χ2n) is 4.07. The average molecular weight is 306 g/mol. The zero-order valence-corrected chi connectivity index (χ0v) is 12.6. The van der Waals surface area contributed by atoms with E-state index in [0.29, 0.717) is 16.6 Å². The van der Waals surface area contributed by atoms with Crippen LogP contribution in [0.5, 0.6) is 5.75 Å². The van der Waals surface area contributed by atoms with Crippen molar-refractivity contribution in [1.29, 1.82) is 0 Å². The van der Waals surface area contributed by atoms with Crippen molar-refractivity contribution in [2.45, 2.75) is 0 Å². The Morgan fingerprint density at radius 3 is 2.40 bits per heavy atom. The molecule has 0 bridgehead atoms. The van der Waals surface area contributed by atoms with Crippen molar-refractivity contribution in [2.75, 3.05) is 7.11 Å². The van der Waals surface area contributed by atoms with E-state index in [1.165, 1.54) is 0 Å². The standard InChI is InChI=1S/C14H15N2O2PS/c1-18-13-10-6-5-9-12(13)14(15)16-19(17,20)11-7-3-2-4-8-11/h2-10H,1H3,(H3,15,16,17,20).